The molecule has 4 rings (SSSR count). The van der Waals surface area contributed by atoms with Crippen molar-refractivity contribution in [3.05, 3.63) is 12.7 Å². The first-order chi connectivity index (χ1) is 12.7. The molecule has 5 unspecified atom stereocenters. The minimum Gasteiger partial charge on any atom is -0.338 e. The van der Waals surface area contributed by atoms with Gasteiger partial charge in [-0.1, -0.05) is 25.8 Å². The number of likely N-dealkylation sites (tertiary alicyclic amines) is 1. The molecular formula is C20H35N5O. The molecule has 0 aromatic carbocycles. The van der Waals surface area contributed by atoms with Crippen molar-refractivity contribution in [3.63, 3.8) is 0 Å². The largest absolute Gasteiger partial charge is 0.338 e. The van der Waals surface area contributed by atoms with Gasteiger partial charge in [0, 0.05) is 44.8 Å². The number of likely N-dealkylation sites (N-methyl/N-ethyl adjacent to an activating group) is 1. The summed E-state index contributed by atoms with van der Waals surface area (Å²) in [5.41, 5.74) is 3.49. The molecule has 4 aliphatic rings. The van der Waals surface area contributed by atoms with Crippen LogP contribution in [0.15, 0.2) is 12.7 Å². The lowest BCUT2D eigenvalue weighted by Crippen LogP contribution is -2.72. The summed E-state index contributed by atoms with van der Waals surface area (Å²) in [6.07, 6.45) is 10.9. The minimum absolute atomic E-state index is 0.0780. The Labute approximate surface area is 157 Å². The van der Waals surface area contributed by atoms with Crippen LogP contribution in [0.25, 0.3) is 0 Å². The van der Waals surface area contributed by atoms with Crippen molar-refractivity contribution in [2.45, 2.75) is 69.2 Å². The summed E-state index contributed by atoms with van der Waals surface area (Å²) < 4.78 is 0. The second kappa shape index (κ2) is 7.97. The minimum atomic E-state index is 0.0780. The van der Waals surface area contributed by atoms with Gasteiger partial charge in [0.25, 0.3) is 0 Å². The van der Waals surface area contributed by atoms with Gasteiger partial charge >= 0.3 is 0 Å². The molecule has 6 nitrogen and oxygen atoms in total. The second-order valence-electron chi connectivity index (χ2n) is 8.66. The first-order valence-corrected chi connectivity index (χ1v) is 10.6. The standard InChI is InChI=1S/C20H35N5O/c1-3-18(26)25-12-10-15-16(13-25)22-20(14-7-5-4-6-8-14)23-19(15)17-9-11-21-24(17)2/h3,14-17,19-23H,1,4-13H2,2H3. The number of amides is 1. The third-order valence-electron chi connectivity index (χ3n) is 7.21. The van der Waals surface area contributed by atoms with E-state index in [1.165, 1.54) is 44.6 Å². The summed E-state index contributed by atoms with van der Waals surface area (Å²) in [6.45, 7) is 6.42. The highest BCUT2D eigenvalue weighted by atomic mass is 16.2. The normalized spacial score (nSPS) is 39.6. The maximum Gasteiger partial charge on any atom is 0.246 e. The number of nitrogens with one attached hydrogen (secondary N) is 3. The Bertz CT molecular complexity index is 520. The van der Waals surface area contributed by atoms with E-state index in [0.29, 0.717) is 30.2 Å². The van der Waals surface area contributed by atoms with Crippen molar-refractivity contribution in [1.29, 1.82) is 0 Å². The van der Waals surface area contributed by atoms with Crippen LogP contribution in [0.4, 0.5) is 0 Å². The van der Waals surface area contributed by atoms with Gasteiger partial charge in [-0.25, -0.2) is 5.01 Å². The fourth-order valence-electron chi connectivity index (χ4n) is 5.77. The molecule has 1 saturated carbocycles. The number of hydrazine groups is 1. The first-order valence-electron chi connectivity index (χ1n) is 10.6. The van der Waals surface area contributed by atoms with E-state index in [1.807, 2.05) is 4.90 Å². The molecule has 1 amide bonds. The Balaban J connectivity index is 1.53. The van der Waals surface area contributed by atoms with Crippen molar-refractivity contribution < 1.29 is 4.79 Å². The summed E-state index contributed by atoms with van der Waals surface area (Å²) >= 11 is 0. The zero-order valence-corrected chi connectivity index (χ0v) is 16.1. The predicted molar refractivity (Wildman–Crippen MR) is 103 cm³/mol. The number of piperidine rings is 1. The van der Waals surface area contributed by atoms with Crippen LogP contribution in [0.5, 0.6) is 0 Å². The molecule has 1 aliphatic carbocycles. The Hall–Kier alpha value is -0.950. The van der Waals surface area contributed by atoms with Crippen LogP contribution in [0.1, 0.15) is 44.9 Å². The lowest BCUT2D eigenvalue weighted by Gasteiger charge is -2.53. The van der Waals surface area contributed by atoms with Crippen molar-refractivity contribution in [3.8, 4) is 0 Å². The molecule has 0 aromatic rings. The van der Waals surface area contributed by atoms with Crippen LogP contribution in [0.3, 0.4) is 0 Å². The molecule has 0 aromatic heterocycles. The van der Waals surface area contributed by atoms with Crippen molar-refractivity contribution in [2.75, 3.05) is 26.7 Å². The molecular weight excluding hydrogens is 326 g/mol. The smallest absolute Gasteiger partial charge is 0.246 e. The highest BCUT2D eigenvalue weighted by Gasteiger charge is 2.47. The Morgan fingerprint density at radius 2 is 1.92 bits per heavy atom. The van der Waals surface area contributed by atoms with E-state index >= 15 is 0 Å². The van der Waals surface area contributed by atoms with E-state index in [2.05, 4.69) is 34.7 Å². The zero-order chi connectivity index (χ0) is 18.1. The van der Waals surface area contributed by atoms with Crippen LogP contribution in [-0.4, -0.2) is 66.8 Å². The molecule has 3 aliphatic heterocycles. The van der Waals surface area contributed by atoms with E-state index < -0.39 is 0 Å². The molecule has 26 heavy (non-hydrogen) atoms. The Morgan fingerprint density at radius 3 is 2.62 bits per heavy atom. The maximum absolute atomic E-state index is 12.2. The average Bonchev–Trinajstić information content (AvgIpc) is 3.12. The van der Waals surface area contributed by atoms with Gasteiger partial charge in [0.1, 0.15) is 0 Å². The van der Waals surface area contributed by atoms with Crippen molar-refractivity contribution in [2.24, 2.45) is 11.8 Å². The van der Waals surface area contributed by atoms with Crippen LogP contribution in [0, 0.1) is 11.8 Å². The third-order valence-corrected chi connectivity index (χ3v) is 7.21. The lowest BCUT2D eigenvalue weighted by molar-refractivity contribution is -0.129. The molecule has 3 heterocycles. The predicted octanol–water partition coefficient (Wildman–Crippen LogP) is 1.07. The number of fused-ring (bicyclic) bond motifs is 1. The quantitative estimate of drug-likeness (QED) is 0.657. The molecule has 0 radical (unpaired) electrons. The van der Waals surface area contributed by atoms with Gasteiger partial charge in [-0.05, 0) is 43.6 Å². The van der Waals surface area contributed by atoms with E-state index in [1.54, 1.807) is 0 Å². The molecule has 3 N–H and O–H groups in total. The molecule has 146 valence electrons. The number of carbonyl (C=O) groups is 1. The van der Waals surface area contributed by atoms with Gasteiger partial charge in [0.15, 0.2) is 0 Å². The SMILES string of the molecule is C=CC(=O)N1CCC2C(C1)NC(C1CCCCC1)NC2C1CCNN1C. The maximum atomic E-state index is 12.2. The summed E-state index contributed by atoms with van der Waals surface area (Å²) in [6, 6.07) is 1.42. The van der Waals surface area contributed by atoms with Gasteiger partial charge in [-0.2, -0.15) is 0 Å². The van der Waals surface area contributed by atoms with Gasteiger partial charge in [0.2, 0.25) is 5.91 Å². The Morgan fingerprint density at radius 1 is 1.12 bits per heavy atom. The summed E-state index contributed by atoms with van der Waals surface area (Å²) in [4.78, 5) is 14.1. The summed E-state index contributed by atoms with van der Waals surface area (Å²) in [5.74, 6) is 1.38. The van der Waals surface area contributed by atoms with Crippen molar-refractivity contribution in [1.82, 2.24) is 26.0 Å². The lowest BCUT2D eigenvalue weighted by atomic mass is 9.76. The monoisotopic (exact) mass is 361 g/mol. The highest BCUT2D eigenvalue weighted by molar-refractivity contribution is 5.87. The fourth-order valence-corrected chi connectivity index (χ4v) is 5.77. The fraction of sp³-hybridized carbons (Fsp3) is 0.850. The van der Waals surface area contributed by atoms with Gasteiger partial charge in [0.05, 0.1) is 6.17 Å². The number of carbonyl (C=O) groups excluding carboxylic acids is 1. The average molecular weight is 362 g/mol. The van der Waals surface area contributed by atoms with E-state index in [4.69, 9.17) is 0 Å². The molecule has 6 heteroatoms. The van der Waals surface area contributed by atoms with Gasteiger partial charge < -0.3 is 4.90 Å². The number of rotatable bonds is 3. The van der Waals surface area contributed by atoms with Gasteiger partial charge in [-0.3, -0.25) is 20.9 Å². The van der Waals surface area contributed by atoms with Crippen LogP contribution >= 0.6 is 0 Å². The summed E-state index contributed by atoms with van der Waals surface area (Å²) in [7, 11) is 2.18. The summed E-state index contributed by atoms with van der Waals surface area (Å²) in [5, 5.41) is 10.3. The zero-order valence-electron chi connectivity index (χ0n) is 16.1. The molecule has 0 spiro atoms. The number of nitrogens with zero attached hydrogens (tertiary/aromatic N) is 2. The Kier molecular flexibility index (Phi) is 5.64. The van der Waals surface area contributed by atoms with E-state index in [9.17, 15) is 4.79 Å². The third kappa shape index (κ3) is 3.57. The molecule has 0 bridgehead atoms. The number of hydrogen-bond donors (Lipinski definition) is 3. The number of hydrogen-bond acceptors (Lipinski definition) is 5. The van der Waals surface area contributed by atoms with Crippen LogP contribution < -0.4 is 16.1 Å². The van der Waals surface area contributed by atoms with Crippen molar-refractivity contribution >= 4 is 5.91 Å². The first kappa shape index (κ1) is 18.4. The molecule has 4 fully saturated rings. The topological polar surface area (TPSA) is 59.6 Å². The molecule has 3 saturated heterocycles. The van der Waals surface area contributed by atoms with E-state index in [0.717, 1.165) is 32.0 Å². The van der Waals surface area contributed by atoms with Crippen LogP contribution in [-0.2, 0) is 4.79 Å². The molecule has 5 atom stereocenters. The van der Waals surface area contributed by atoms with E-state index in [-0.39, 0.29) is 5.91 Å². The highest BCUT2D eigenvalue weighted by Crippen LogP contribution is 2.34. The second-order valence-corrected chi connectivity index (χ2v) is 8.66. The van der Waals surface area contributed by atoms with Gasteiger partial charge in [-0.15, -0.1) is 0 Å². The van der Waals surface area contributed by atoms with Crippen LogP contribution in [0.2, 0.25) is 0 Å².